The van der Waals surface area contributed by atoms with Crippen molar-refractivity contribution in [3.8, 4) is 0 Å². The Morgan fingerprint density at radius 2 is 1.93 bits per heavy atom. The SMILES string of the molecule is C=CCn1c(SCC(=O)c2ccc(NC(=O)C(C)(C)C)cc2)nnc1C1CC1. The van der Waals surface area contributed by atoms with Crippen LogP contribution in [0.5, 0.6) is 0 Å². The van der Waals surface area contributed by atoms with Crippen molar-refractivity contribution in [2.45, 2.75) is 51.2 Å². The van der Waals surface area contributed by atoms with Gasteiger partial charge in [-0.2, -0.15) is 0 Å². The standard InChI is InChI=1S/C21H26N4O2S/c1-5-12-25-18(15-6-7-15)23-24-20(25)28-13-17(26)14-8-10-16(11-9-14)22-19(27)21(2,3)4/h5,8-11,15H,1,6-7,12-13H2,2-4H3,(H,22,27). The van der Waals surface area contributed by atoms with Crippen LogP contribution in [0.3, 0.4) is 0 Å². The van der Waals surface area contributed by atoms with E-state index in [-0.39, 0.29) is 17.4 Å². The molecular formula is C21H26N4O2S. The number of carbonyl (C=O) groups is 2. The molecule has 1 amide bonds. The number of ketones is 1. The van der Waals surface area contributed by atoms with E-state index >= 15 is 0 Å². The Morgan fingerprint density at radius 3 is 2.50 bits per heavy atom. The van der Waals surface area contributed by atoms with Gasteiger partial charge in [0, 0.05) is 29.1 Å². The molecule has 1 aliphatic rings. The van der Waals surface area contributed by atoms with Crippen molar-refractivity contribution in [3.05, 3.63) is 48.3 Å². The molecule has 7 heteroatoms. The summed E-state index contributed by atoms with van der Waals surface area (Å²) in [4.78, 5) is 24.6. The van der Waals surface area contributed by atoms with Gasteiger partial charge in [0.2, 0.25) is 5.91 Å². The van der Waals surface area contributed by atoms with Gasteiger partial charge in [0.1, 0.15) is 5.82 Å². The molecule has 0 bridgehead atoms. The van der Waals surface area contributed by atoms with Crippen LogP contribution in [0.15, 0.2) is 42.1 Å². The van der Waals surface area contributed by atoms with Crippen LogP contribution in [0.25, 0.3) is 0 Å². The number of anilines is 1. The van der Waals surface area contributed by atoms with Gasteiger partial charge < -0.3 is 9.88 Å². The van der Waals surface area contributed by atoms with E-state index in [9.17, 15) is 9.59 Å². The second kappa shape index (κ2) is 8.31. The molecule has 0 atom stereocenters. The third kappa shape index (κ3) is 4.90. The van der Waals surface area contributed by atoms with Crippen LogP contribution in [0.4, 0.5) is 5.69 Å². The predicted octanol–water partition coefficient (Wildman–Crippen LogP) is 4.30. The maximum atomic E-state index is 12.5. The van der Waals surface area contributed by atoms with Gasteiger partial charge in [0.25, 0.3) is 0 Å². The van der Waals surface area contributed by atoms with Crippen LogP contribution in [-0.4, -0.2) is 32.2 Å². The second-order valence-electron chi connectivity index (χ2n) is 8.01. The number of nitrogens with zero attached hydrogens (tertiary/aromatic N) is 3. The molecule has 0 saturated heterocycles. The first-order valence-electron chi connectivity index (χ1n) is 9.41. The number of aromatic nitrogens is 3. The lowest BCUT2D eigenvalue weighted by Crippen LogP contribution is -2.27. The Bertz CT molecular complexity index is 877. The Morgan fingerprint density at radius 1 is 1.25 bits per heavy atom. The maximum absolute atomic E-state index is 12.5. The topological polar surface area (TPSA) is 76.9 Å². The highest BCUT2D eigenvalue weighted by Gasteiger charge is 2.30. The molecular weight excluding hydrogens is 372 g/mol. The number of nitrogens with one attached hydrogen (secondary N) is 1. The molecule has 1 aliphatic carbocycles. The first-order valence-corrected chi connectivity index (χ1v) is 10.4. The predicted molar refractivity (Wildman–Crippen MR) is 112 cm³/mol. The number of benzene rings is 1. The summed E-state index contributed by atoms with van der Waals surface area (Å²) in [6.45, 7) is 10.0. The van der Waals surface area contributed by atoms with E-state index in [1.54, 1.807) is 24.3 Å². The lowest BCUT2D eigenvalue weighted by molar-refractivity contribution is -0.123. The van der Waals surface area contributed by atoms with Crippen LogP contribution in [-0.2, 0) is 11.3 Å². The van der Waals surface area contributed by atoms with Crippen LogP contribution in [0, 0.1) is 5.41 Å². The van der Waals surface area contributed by atoms with Crippen LogP contribution in [0.1, 0.15) is 55.7 Å². The van der Waals surface area contributed by atoms with Gasteiger partial charge in [-0.3, -0.25) is 9.59 Å². The normalized spacial score (nSPS) is 14.0. The molecule has 0 radical (unpaired) electrons. The monoisotopic (exact) mass is 398 g/mol. The van der Waals surface area contributed by atoms with Crippen LogP contribution >= 0.6 is 11.8 Å². The molecule has 1 N–H and O–H groups in total. The van der Waals surface area contributed by atoms with Gasteiger partial charge in [-0.15, -0.1) is 16.8 Å². The van der Waals surface area contributed by atoms with Gasteiger partial charge >= 0.3 is 0 Å². The summed E-state index contributed by atoms with van der Waals surface area (Å²) in [5.74, 6) is 1.73. The number of thioether (sulfide) groups is 1. The van der Waals surface area contributed by atoms with Crippen molar-refractivity contribution in [2.24, 2.45) is 5.41 Å². The van der Waals surface area contributed by atoms with Gasteiger partial charge in [0.15, 0.2) is 10.9 Å². The van der Waals surface area contributed by atoms with E-state index in [0.29, 0.717) is 23.7 Å². The zero-order valence-corrected chi connectivity index (χ0v) is 17.4. The van der Waals surface area contributed by atoms with E-state index in [1.807, 2.05) is 31.4 Å². The second-order valence-corrected chi connectivity index (χ2v) is 8.95. The minimum absolute atomic E-state index is 0.0137. The minimum Gasteiger partial charge on any atom is -0.326 e. The Balaban J connectivity index is 1.61. The van der Waals surface area contributed by atoms with Crippen LogP contribution in [0.2, 0.25) is 0 Å². The summed E-state index contributed by atoms with van der Waals surface area (Å²) in [5, 5.41) is 12.2. The maximum Gasteiger partial charge on any atom is 0.229 e. The van der Waals surface area contributed by atoms with Gasteiger partial charge in [0.05, 0.1) is 5.75 Å². The molecule has 0 spiro atoms. The fourth-order valence-electron chi connectivity index (χ4n) is 2.62. The van der Waals surface area contributed by atoms with E-state index < -0.39 is 5.41 Å². The van der Waals surface area contributed by atoms with E-state index in [1.165, 1.54) is 11.8 Å². The van der Waals surface area contributed by atoms with Crippen LogP contribution < -0.4 is 5.32 Å². The molecule has 0 unspecified atom stereocenters. The van der Waals surface area contributed by atoms with Gasteiger partial charge in [-0.1, -0.05) is 38.6 Å². The molecule has 0 aliphatic heterocycles. The Labute approximate surface area is 169 Å². The zero-order valence-electron chi connectivity index (χ0n) is 16.6. The smallest absolute Gasteiger partial charge is 0.229 e. The summed E-state index contributed by atoms with van der Waals surface area (Å²) in [6.07, 6.45) is 4.12. The number of allylic oxidation sites excluding steroid dienone is 1. The Hall–Kier alpha value is -2.41. The third-order valence-corrected chi connectivity index (χ3v) is 5.44. The first-order chi connectivity index (χ1) is 13.3. The quantitative estimate of drug-likeness (QED) is 0.407. The number of rotatable bonds is 8. The average molecular weight is 399 g/mol. The summed E-state index contributed by atoms with van der Waals surface area (Å²) >= 11 is 1.40. The fourth-order valence-corrected chi connectivity index (χ4v) is 3.47. The van der Waals surface area contributed by atoms with Crippen molar-refractivity contribution in [3.63, 3.8) is 0 Å². The lowest BCUT2D eigenvalue weighted by Gasteiger charge is -2.17. The third-order valence-electron chi connectivity index (χ3n) is 4.48. The summed E-state index contributed by atoms with van der Waals surface area (Å²) in [7, 11) is 0. The molecule has 1 heterocycles. The number of carbonyl (C=O) groups excluding carboxylic acids is 2. The van der Waals surface area contributed by atoms with E-state index in [0.717, 1.165) is 23.8 Å². The highest BCUT2D eigenvalue weighted by atomic mass is 32.2. The molecule has 3 rings (SSSR count). The highest BCUT2D eigenvalue weighted by molar-refractivity contribution is 7.99. The summed E-state index contributed by atoms with van der Waals surface area (Å²) < 4.78 is 2.05. The molecule has 1 aromatic carbocycles. The molecule has 28 heavy (non-hydrogen) atoms. The van der Waals surface area contributed by atoms with Gasteiger partial charge in [-0.25, -0.2) is 0 Å². The molecule has 1 saturated carbocycles. The summed E-state index contributed by atoms with van der Waals surface area (Å²) in [5.41, 5.74) is 0.827. The fraction of sp³-hybridized carbons (Fsp3) is 0.429. The molecule has 148 valence electrons. The number of hydrogen-bond donors (Lipinski definition) is 1. The molecule has 1 fully saturated rings. The average Bonchev–Trinajstić information content (AvgIpc) is 3.42. The van der Waals surface area contributed by atoms with E-state index in [4.69, 9.17) is 0 Å². The number of hydrogen-bond acceptors (Lipinski definition) is 5. The molecule has 6 nitrogen and oxygen atoms in total. The van der Waals surface area contributed by atoms with Crippen molar-refractivity contribution in [2.75, 3.05) is 11.1 Å². The number of Topliss-reactive ketones (excluding diaryl/α,β-unsaturated/α-hetero) is 1. The molecule has 1 aromatic heterocycles. The van der Waals surface area contributed by atoms with Crippen molar-refractivity contribution in [1.82, 2.24) is 14.8 Å². The van der Waals surface area contributed by atoms with Crippen molar-refractivity contribution >= 4 is 29.1 Å². The summed E-state index contributed by atoms with van der Waals surface area (Å²) in [6, 6.07) is 7.00. The van der Waals surface area contributed by atoms with Gasteiger partial charge in [-0.05, 0) is 37.1 Å². The highest BCUT2D eigenvalue weighted by Crippen LogP contribution is 2.40. The molecule has 2 aromatic rings. The Kier molecular flexibility index (Phi) is 6.03. The van der Waals surface area contributed by atoms with E-state index in [2.05, 4.69) is 22.1 Å². The van der Waals surface area contributed by atoms with Crippen molar-refractivity contribution < 1.29 is 9.59 Å². The van der Waals surface area contributed by atoms with Crippen molar-refractivity contribution in [1.29, 1.82) is 0 Å². The zero-order chi connectivity index (χ0) is 20.3. The number of amides is 1. The largest absolute Gasteiger partial charge is 0.326 e. The first kappa shape index (κ1) is 20.3. The minimum atomic E-state index is -0.466. The lowest BCUT2D eigenvalue weighted by atomic mass is 9.95.